The van der Waals surface area contributed by atoms with Gasteiger partial charge in [-0.1, -0.05) is 29.8 Å². The molecule has 1 amide bonds. The van der Waals surface area contributed by atoms with E-state index >= 15 is 0 Å². The number of carbonyl (C=O) groups excluding carboxylic acids is 2. The maximum Gasteiger partial charge on any atom is 0.306 e. The lowest BCUT2D eigenvalue weighted by molar-refractivity contribution is -0.145. The lowest BCUT2D eigenvalue weighted by Gasteiger charge is -2.07. The maximum absolute atomic E-state index is 12.0. The summed E-state index contributed by atoms with van der Waals surface area (Å²) in [6, 6.07) is 15.9. The largest absolute Gasteiger partial charge is 0.457 e. The van der Waals surface area contributed by atoms with Gasteiger partial charge in [0.05, 0.1) is 5.69 Å². The lowest BCUT2D eigenvalue weighted by Crippen LogP contribution is -2.25. The minimum absolute atomic E-state index is 0.0299. The second-order valence-electron chi connectivity index (χ2n) is 5.87. The van der Waals surface area contributed by atoms with Crippen molar-refractivity contribution in [3.05, 3.63) is 71.0 Å². The first-order valence-electron chi connectivity index (χ1n) is 8.65. The van der Waals surface area contributed by atoms with Crippen molar-refractivity contribution in [2.45, 2.75) is 19.4 Å². The normalized spacial score (nSPS) is 10.5. The first kappa shape index (κ1) is 19.5. The van der Waals surface area contributed by atoms with E-state index < -0.39 is 0 Å². The van der Waals surface area contributed by atoms with Gasteiger partial charge in [-0.3, -0.25) is 9.59 Å². The van der Waals surface area contributed by atoms with Gasteiger partial charge >= 0.3 is 5.97 Å². The fraction of sp³-hybridized carbons (Fsp3) is 0.211. The van der Waals surface area contributed by atoms with Crippen LogP contribution in [0.2, 0.25) is 5.02 Å². The van der Waals surface area contributed by atoms with Crippen LogP contribution in [0.15, 0.2) is 54.6 Å². The molecule has 0 unspecified atom stereocenters. The molecule has 0 spiro atoms. The molecule has 1 heterocycles. The number of nitrogens with zero attached hydrogens (tertiary/aromatic N) is 4. The first-order valence-corrected chi connectivity index (χ1v) is 9.03. The fourth-order valence-electron chi connectivity index (χ4n) is 2.42. The number of carbonyl (C=O) groups is 2. The first-order chi connectivity index (χ1) is 13.6. The van der Waals surface area contributed by atoms with Crippen molar-refractivity contribution in [2.24, 2.45) is 0 Å². The van der Waals surface area contributed by atoms with E-state index in [0.29, 0.717) is 29.4 Å². The second kappa shape index (κ2) is 9.61. The summed E-state index contributed by atoms with van der Waals surface area (Å²) in [7, 11) is 0. The molecule has 0 bridgehead atoms. The van der Waals surface area contributed by atoms with Crippen LogP contribution in [-0.2, 0) is 16.1 Å². The van der Waals surface area contributed by atoms with Gasteiger partial charge in [-0.15, -0.1) is 5.10 Å². The molecule has 0 saturated heterocycles. The summed E-state index contributed by atoms with van der Waals surface area (Å²) >= 11 is 5.79. The molecule has 2 aromatic carbocycles. The Morgan fingerprint density at radius 3 is 2.57 bits per heavy atom. The van der Waals surface area contributed by atoms with Crippen LogP contribution >= 0.6 is 11.6 Å². The molecule has 3 aromatic rings. The van der Waals surface area contributed by atoms with Gasteiger partial charge in [0.2, 0.25) is 0 Å². The number of esters is 1. The lowest BCUT2D eigenvalue weighted by atomic mass is 10.2. The third-order valence-electron chi connectivity index (χ3n) is 3.85. The molecule has 9 heteroatoms. The zero-order valence-corrected chi connectivity index (χ0v) is 15.7. The zero-order chi connectivity index (χ0) is 19.8. The molecular weight excluding hydrogens is 382 g/mol. The Balaban J connectivity index is 1.39. The van der Waals surface area contributed by atoms with Gasteiger partial charge in [-0.05, 0) is 53.2 Å². The van der Waals surface area contributed by atoms with Crippen molar-refractivity contribution < 1.29 is 14.3 Å². The third-order valence-corrected chi connectivity index (χ3v) is 4.10. The van der Waals surface area contributed by atoms with Crippen LogP contribution in [0.4, 0.5) is 0 Å². The van der Waals surface area contributed by atoms with Crippen LogP contribution in [0.25, 0.3) is 5.69 Å². The molecule has 0 atom stereocenters. The number of para-hydroxylation sites is 1. The minimum Gasteiger partial charge on any atom is -0.457 e. The monoisotopic (exact) mass is 399 g/mol. The molecule has 1 N–H and O–H groups in total. The summed E-state index contributed by atoms with van der Waals surface area (Å²) in [6.45, 7) is 0.330. The molecule has 0 aliphatic heterocycles. The Labute approximate surface area is 166 Å². The highest BCUT2D eigenvalue weighted by molar-refractivity contribution is 6.30. The summed E-state index contributed by atoms with van der Waals surface area (Å²) in [5.74, 6) is -0.175. The van der Waals surface area contributed by atoms with Gasteiger partial charge < -0.3 is 10.1 Å². The Bertz CT molecular complexity index is 928. The number of aromatic nitrogens is 4. The smallest absolute Gasteiger partial charge is 0.306 e. The van der Waals surface area contributed by atoms with Crippen molar-refractivity contribution >= 4 is 23.5 Å². The summed E-state index contributed by atoms with van der Waals surface area (Å²) < 4.78 is 6.74. The summed E-state index contributed by atoms with van der Waals surface area (Å²) in [4.78, 5) is 23.9. The fourth-order valence-corrected chi connectivity index (χ4v) is 2.55. The molecule has 28 heavy (non-hydrogen) atoms. The van der Waals surface area contributed by atoms with Gasteiger partial charge in [0.1, 0.15) is 0 Å². The summed E-state index contributed by atoms with van der Waals surface area (Å²) in [5, 5.41) is 14.7. The number of ether oxygens (including phenoxy) is 1. The van der Waals surface area contributed by atoms with Gasteiger partial charge in [0.15, 0.2) is 12.4 Å². The van der Waals surface area contributed by atoms with Crippen LogP contribution in [0.3, 0.4) is 0 Å². The average Bonchev–Trinajstić information content (AvgIpc) is 3.19. The molecule has 3 rings (SSSR count). The Kier molecular flexibility index (Phi) is 6.69. The molecule has 0 radical (unpaired) electrons. The van der Waals surface area contributed by atoms with Gasteiger partial charge in [0, 0.05) is 23.6 Å². The average molecular weight is 400 g/mol. The van der Waals surface area contributed by atoms with Crippen molar-refractivity contribution in [1.82, 2.24) is 25.5 Å². The Morgan fingerprint density at radius 2 is 1.82 bits per heavy atom. The number of benzene rings is 2. The highest BCUT2D eigenvalue weighted by atomic mass is 35.5. The van der Waals surface area contributed by atoms with E-state index in [4.69, 9.17) is 16.3 Å². The van der Waals surface area contributed by atoms with Crippen molar-refractivity contribution in [3.63, 3.8) is 0 Å². The predicted molar refractivity (Wildman–Crippen MR) is 102 cm³/mol. The minimum atomic E-state index is -0.386. The number of hydrogen-bond acceptors (Lipinski definition) is 6. The second-order valence-corrected chi connectivity index (χ2v) is 6.31. The Morgan fingerprint density at radius 1 is 1.07 bits per heavy atom. The van der Waals surface area contributed by atoms with Crippen molar-refractivity contribution in [3.8, 4) is 5.69 Å². The number of rotatable bonds is 8. The van der Waals surface area contributed by atoms with E-state index in [-0.39, 0.29) is 24.9 Å². The molecule has 0 aliphatic rings. The number of amides is 1. The molecule has 8 nitrogen and oxygen atoms in total. The highest BCUT2D eigenvalue weighted by Gasteiger charge is 2.11. The zero-order valence-electron chi connectivity index (χ0n) is 14.9. The van der Waals surface area contributed by atoms with Crippen LogP contribution in [0, 0.1) is 0 Å². The van der Waals surface area contributed by atoms with Gasteiger partial charge in [-0.2, -0.15) is 4.68 Å². The van der Waals surface area contributed by atoms with E-state index in [1.165, 1.54) is 4.68 Å². The maximum atomic E-state index is 12.0. The van der Waals surface area contributed by atoms with E-state index in [0.717, 1.165) is 5.69 Å². The van der Waals surface area contributed by atoms with E-state index in [9.17, 15) is 9.59 Å². The van der Waals surface area contributed by atoms with Crippen molar-refractivity contribution in [1.29, 1.82) is 0 Å². The molecule has 0 saturated carbocycles. The standard InChI is InChI=1S/C19H18ClN5O3/c20-15-10-8-14(9-11-15)19(27)21-12-4-7-18(26)28-13-17-22-23-24-25(17)16-5-2-1-3-6-16/h1-3,5-6,8-11H,4,7,12-13H2,(H,21,27). The van der Waals surface area contributed by atoms with Crippen molar-refractivity contribution in [2.75, 3.05) is 6.54 Å². The molecule has 1 aromatic heterocycles. The number of tetrazole rings is 1. The van der Waals surface area contributed by atoms with E-state index in [2.05, 4.69) is 20.8 Å². The van der Waals surface area contributed by atoms with E-state index in [1.807, 2.05) is 30.3 Å². The quantitative estimate of drug-likeness (QED) is 0.461. The van der Waals surface area contributed by atoms with Crippen LogP contribution in [0.5, 0.6) is 0 Å². The summed E-state index contributed by atoms with van der Waals surface area (Å²) in [5.41, 5.74) is 1.29. The molecule has 0 aliphatic carbocycles. The highest BCUT2D eigenvalue weighted by Crippen LogP contribution is 2.10. The number of halogens is 1. The third kappa shape index (κ3) is 5.37. The molecule has 144 valence electrons. The molecular formula is C19H18ClN5O3. The number of nitrogens with one attached hydrogen (secondary N) is 1. The summed E-state index contributed by atoms with van der Waals surface area (Å²) in [6.07, 6.45) is 0.635. The number of hydrogen-bond donors (Lipinski definition) is 1. The Hall–Kier alpha value is -3.26. The molecule has 0 fully saturated rings. The van der Waals surface area contributed by atoms with E-state index in [1.54, 1.807) is 24.3 Å². The van der Waals surface area contributed by atoms with Gasteiger partial charge in [-0.25, -0.2) is 0 Å². The van der Waals surface area contributed by atoms with Gasteiger partial charge in [0.25, 0.3) is 5.91 Å². The predicted octanol–water partition coefficient (Wildman–Crippen LogP) is 2.57. The van der Waals surface area contributed by atoms with Crippen LogP contribution in [-0.4, -0.2) is 38.6 Å². The van der Waals surface area contributed by atoms with Crippen LogP contribution in [0.1, 0.15) is 29.0 Å². The topological polar surface area (TPSA) is 99.0 Å². The van der Waals surface area contributed by atoms with Crippen LogP contribution < -0.4 is 5.32 Å². The SMILES string of the molecule is O=C(CCCNC(=O)c1ccc(Cl)cc1)OCc1nnnn1-c1ccccc1.